The van der Waals surface area contributed by atoms with Crippen molar-refractivity contribution in [2.45, 2.75) is 12.6 Å². The Bertz CT molecular complexity index is 1180. The molecule has 4 aromatic rings. The van der Waals surface area contributed by atoms with Crippen LogP contribution in [0, 0.1) is 0 Å². The molecule has 1 atom stereocenters. The van der Waals surface area contributed by atoms with Gasteiger partial charge in [0.1, 0.15) is 5.75 Å². The predicted molar refractivity (Wildman–Crippen MR) is 105 cm³/mol. The monoisotopic (exact) mass is 364 g/mol. The molecule has 2 aromatic heterocycles. The van der Waals surface area contributed by atoms with Crippen molar-refractivity contribution >= 4 is 21.7 Å². The topological polar surface area (TPSA) is 87.5 Å². The van der Waals surface area contributed by atoms with E-state index >= 15 is 0 Å². The number of nitrogens with zero attached hydrogens (tertiary/aromatic N) is 1. The van der Waals surface area contributed by atoms with Crippen LogP contribution >= 0.6 is 0 Å². The van der Waals surface area contributed by atoms with E-state index in [1.807, 2.05) is 36.5 Å². The first-order valence-electron chi connectivity index (χ1n) is 8.69. The SMILES string of the molecule is COc1ccc2c(=O)n(CC(O)CO)cc(-c3cccc4[nH]ccc34)c2c1. The maximum Gasteiger partial charge on any atom is 0.258 e. The van der Waals surface area contributed by atoms with Crippen molar-refractivity contribution in [2.24, 2.45) is 0 Å². The number of nitrogens with one attached hydrogen (secondary N) is 1. The second kappa shape index (κ2) is 6.90. The molecule has 4 rings (SSSR count). The summed E-state index contributed by atoms with van der Waals surface area (Å²) in [5.74, 6) is 0.664. The molecule has 138 valence electrons. The minimum Gasteiger partial charge on any atom is -0.497 e. The zero-order chi connectivity index (χ0) is 19.0. The highest BCUT2D eigenvalue weighted by Crippen LogP contribution is 2.34. The van der Waals surface area contributed by atoms with E-state index in [9.17, 15) is 15.0 Å². The molecule has 6 heteroatoms. The Kier molecular flexibility index (Phi) is 4.43. The number of aromatic nitrogens is 2. The molecule has 0 spiro atoms. The lowest BCUT2D eigenvalue weighted by atomic mass is 9.97. The minimum absolute atomic E-state index is 0.0212. The molecule has 2 aromatic carbocycles. The van der Waals surface area contributed by atoms with E-state index in [4.69, 9.17) is 4.74 Å². The molecular formula is C21H20N2O4. The van der Waals surface area contributed by atoms with Crippen LogP contribution in [0.2, 0.25) is 0 Å². The molecule has 0 amide bonds. The third kappa shape index (κ3) is 2.99. The van der Waals surface area contributed by atoms with E-state index < -0.39 is 12.7 Å². The number of benzene rings is 2. The van der Waals surface area contributed by atoms with Gasteiger partial charge in [0.25, 0.3) is 5.56 Å². The van der Waals surface area contributed by atoms with Gasteiger partial charge in [0.2, 0.25) is 0 Å². The zero-order valence-corrected chi connectivity index (χ0v) is 14.8. The lowest BCUT2D eigenvalue weighted by molar-refractivity contribution is 0.0805. The molecule has 0 radical (unpaired) electrons. The van der Waals surface area contributed by atoms with Gasteiger partial charge in [-0.05, 0) is 35.9 Å². The quantitative estimate of drug-likeness (QED) is 0.508. The largest absolute Gasteiger partial charge is 0.497 e. The number of aromatic amines is 1. The molecule has 0 aliphatic heterocycles. The van der Waals surface area contributed by atoms with Gasteiger partial charge in [0.05, 0.1) is 26.4 Å². The summed E-state index contributed by atoms with van der Waals surface area (Å²) in [6, 6.07) is 13.3. The summed E-state index contributed by atoms with van der Waals surface area (Å²) < 4.78 is 6.80. The minimum atomic E-state index is -1.01. The van der Waals surface area contributed by atoms with Crippen LogP contribution in [0.1, 0.15) is 0 Å². The molecule has 6 nitrogen and oxygen atoms in total. The molecule has 0 saturated heterocycles. The van der Waals surface area contributed by atoms with Gasteiger partial charge in [-0.3, -0.25) is 4.79 Å². The molecule has 0 saturated carbocycles. The van der Waals surface area contributed by atoms with Gasteiger partial charge in [-0.2, -0.15) is 0 Å². The van der Waals surface area contributed by atoms with E-state index in [0.717, 1.165) is 27.4 Å². The third-order valence-corrected chi connectivity index (χ3v) is 4.80. The van der Waals surface area contributed by atoms with Crippen LogP contribution in [-0.4, -0.2) is 39.6 Å². The molecule has 27 heavy (non-hydrogen) atoms. The van der Waals surface area contributed by atoms with Crippen molar-refractivity contribution in [3.63, 3.8) is 0 Å². The lowest BCUT2D eigenvalue weighted by Gasteiger charge is -2.16. The second-order valence-electron chi connectivity index (χ2n) is 6.49. The van der Waals surface area contributed by atoms with Gasteiger partial charge in [-0.25, -0.2) is 0 Å². The molecule has 0 bridgehead atoms. The number of aliphatic hydroxyl groups is 2. The van der Waals surface area contributed by atoms with Gasteiger partial charge in [0.15, 0.2) is 0 Å². The maximum atomic E-state index is 12.9. The van der Waals surface area contributed by atoms with Crippen LogP contribution < -0.4 is 10.3 Å². The van der Waals surface area contributed by atoms with E-state index in [-0.39, 0.29) is 12.1 Å². The Labute approximate surface area is 155 Å². The Morgan fingerprint density at radius 1 is 1.11 bits per heavy atom. The van der Waals surface area contributed by atoms with Crippen LogP contribution in [-0.2, 0) is 6.54 Å². The first kappa shape index (κ1) is 17.3. The smallest absolute Gasteiger partial charge is 0.258 e. The fraction of sp³-hybridized carbons (Fsp3) is 0.190. The number of hydrogen-bond donors (Lipinski definition) is 3. The Hall–Kier alpha value is -3.09. The first-order valence-corrected chi connectivity index (χ1v) is 8.69. The van der Waals surface area contributed by atoms with Crippen molar-refractivity contribution in [1.29, 1.82) is 0 Å². The zero-order valence-electron chi connectivity index (χ0n) is 14.8. The summed E-state index contributed by atoms with van der Waals surface area (Å²) >= 11 is 0. The van der Waals surface area contributed by atoms with Crippen molar-refractivity contribution in [2.75, 3.05) is 13.7 Å². The van der Waals surface area contributed by atoms with Crippen molar-refractivity contribution in [3.05, 3.63) is 65.2 Å². The van der Waals surface area contributed by atoms with Gasteiger partial charge in [-0.1, -0.05) is 12.1 Å². The number of fused-ring (bicyclic) bond motifs is 2. The number of ether oxygens (including phenoxy) is 1. The van der Waals surface area contributed by atoms with E-state index in [1.54, 1.807) is 25.4 Å². The Balaban J connectivity index is 2.06. The first-order chi connectivity index (χ1) is 13.1. The fourth-order valence-corrected chi connectivity index (χ4v) is 3.45. The Morgan fingerprint density at radius 2 is 1.96 bits per heavy atom. The highest BCUT2D eigenvalue weighted by atomic mass is 16.5. The van der Waals surface area contributed by atoms with Crippen LogP contribution in [0.5, 0.6) is 5.75 Å². The predicted octanol–water partition coefficient (Wildman–Crippen LogP) is 2.51. The van der Waals surface area contributed by atoms with E-state index in [2.05, 4.69) is 4.98 Å². The summed E-state index contributed by atoms with van der Waals surface area (Å²) in [6.07, 6.45) is 2.61. The summed E-state index contributed by atoms with van der Waals surface area (Å²) in [5.41, 5.74) is 2.61. The number of rotatable bonds is 5. The van der Waals surface area contributed by atoms with Crippen LogP contribution in [0.3, 0.4) is 0 Å². The van der Waals surface area contributed by atoms with E-state index in [1.165, 1.54) is 4.57 Å². The molecule has 0 fully saturated rings. The number of pyridine rings is 1. The van der Waals surface area contributed by atoms with Gasteiger partial charge in [0, 0.05) is 39.6 Å². The van der Waals surface area contributed by atoms with E-state index in [0.29, 0.717) is 11.1 Å². The standard InChI is InChI=1S/C21H20N2O4/c1-27-14-5-6-17-18(9-14)19(11-23(21(17)26)10-13(25)12-24)15-3-2-4-20-16(15)7-8-22-20/h2-9,11,13,22,24-25H,10,12H2,1H3. The number of methoxy groups -OCH3 is 1. The average Bonchev–Trinajstić information content (AvgIpc) is 3.18. The summed E-state index contributed by atoms with van der Waals surface area (Å²) in [5, 5.41) is 21.4. The molecule has 0 aliphatic rings. The summed E-state index contributed by atoms with van der Waals surface area (Å²) in [7, 11) is 1.59. The summed E-state index contributed by atoms with van der Waals surface area (Å²) in [6.45, 7) is -0.386. The summed E-state index contributed by atoms with van der Waals surface area (Å²) in [4.78, 5) is 16.1. The van der Waals surface area contributed by atoms with Crippen LogP contribution in [0.15, 0.2) is 59.7 Å². The molecule has 2 heterocycles. The maximum absolute atomic E-state index is 12.9. The average molecular weight is 364 g/mol. The molecule has 3 N–H and O–H groups in total. The highest BCUT2D eigenvalue weighted by molar-refractivity contribution is 6.04. The highest BCUT2D eigenvalue weighted by Gasteiger charge is 2.15. The molecular weight excluding hydrogens is 344 g/mol. The van der Waals surface area contributed by atoms with Crippen LogP contribution in [0.4, 0.5) is 0 Å². The van der Waals surface area contributed by atoms with Gasteiger partial charge >= 0.3 is 0 Å². The van der Waals surface area contributed by atoms with Crippen molar-refractivity contribution < 1.29 is 14.9 Å². The Morgan fingerprint density at radius 3 is 2.74 bits per heavy atom. The van der Waals surface area contributed by atoms with Crippen LogP contribution in [0.25, 0.3) is 32.8 Å². The van der Waals surface area contributed by atoms with Crippen molar-refractivity contribution in [1.82, 2.24) is 9.55 Å². The van der Waals surface area contributed by atoms with Gasteiger partial charge in [-0.15, -0.1) is 0 Å². The van der Waals surface area contributed by atoms with Gasteiger partial charge < -0.3 is 24.5 Å². The number of aliphatic hydroxyl groups excluding tert-OH is 2. The third-order valence-electron chi connectivity index (χ3n) is 4.80. The normalized spacial score (nSPS) is 12.6. The fourth-order valence-electron chi connectivity index (χ4n) is 3.45. The molecule has 1 unspecified atom stereocenters. The lowest BCUT2D eigenvalue weighted by Crippen LogP contribution is -2.28. The second-order valence-corrected chi connectivity index (χ2v) is 6.49. The molecule has 0 aliphatic carbocycles. The number of hydrogen-bond acceptors (Lipinski definition) is 4. The number of H-pyrrole nitrogens is 1. The van der Waals surface area contributed by atoms with Crippen molar-refractivity contribution in [3.8, 4) is 16.9 Å².